The van der Waals surface area contributed by atoms with E-state index in [0.29, 0.717) is 26.9 Å². The number of pyridine rings is 1. The van der Waals surface area contributed by atoms with Gasteiger partial charge in [0, 0.05) is 15.6 Å². The van der Waals surface area contributed by atoms with E-state index in [1.165, 1.54) is 0 Å². The molecule has 1 heterocycles. The van der Waals surface area contributed by atoms with Crippen LogP contribution in [0.4, 0.5) is 0 Å². The maximum atomic E-state index is 12.7. The Morgan fingerprint density at radius 3 is 2.36 bits per heavy atom. The molecule has 142 valence electrons. The highest BCUT2D eigenvalue weighted by molar-refractivity contribution is 6.33. The van der Waals surface area contributed by atoms with E-state index in [2.05, 4.69) is 10.3 Å². The standard InChI is InChI=1S/C21H16Cl2N2O3/c22-14-10-8-13(9-11-14)19(12-20(26)27)25-21(28)18-7-3-6-17(24-18)15-4-1-2-5-16(15)23/h1-11,19H,12H2,(H,25,28)(H,26,27). The summed E-state index contributed by atoms with van der Waals surface area (Å²) in [5, 5.41) is 13.0. The van der Waals surface area contributed by atoms with Crippen LogP contribution in [0.25, 0.3) is 11.3 Å². The first kappa shape index (κ1) is 19.9. The molecule has 1 aromatic heterocycles. The van der Waals surface area contributed by atoms with Crippen molar-refractivity contribution in [2.45, 2.75) is 12.5 Å². The third-order valence-electron chi connectivity index (χ3n) is 4.09. The number of aromatic nitrogens is 1. The average Bonchev–Trinajstić information content (AvgIpc) is 2.68. The van der Waals surface area contributed by atoms with Gasteiger partial charge in [-0.25, -0.2) is 4.98 Å². The molecule has 28 heavy (non-hydrogen) atoms. The van der Waals surface area contributed by atoms with Crippen LogP contribution in [0.1, 0.15) is 28.5 Å². The minimum atomic E-state index is -1.03. The van der Waals surface area contributed by atoms with Crippen LogP contribution < -0.4 is 5.32 Å². The predicted molar refractivity (Wildman–Crippen MR) is 109 cm³/mol. The lowest BCUT2D eigenvalue weighted by molar-refractivity contribution is -0.137. The smallest absolute Gasteiger partial charge is 0.305 e. The molecule has 0 spiro atoms. The molecule has 0 aliphatic rings. The zero-order valence-electron chi connectivity index (χ0n) is 14.6. The maximum absolute atomic E-state index is 12.7. The number of nitrogens with one attached hydrogen (secondary N) is 1. The molecule has 7 heteroatoms. The lowest BCUT2D eigenvalue weighted by Gasteiger charge is -2.17. The second-order valence-electron chi connectivity index (χ2n) is 6.06. The second-order valence-corrected chi connectivity index (χ2v) is 6.91. The van der Waals surface area contributed by atoms with Gasteiger partial charge in [-0.05, 0) is 35.9 Å². The molecule has 0 bridgehead atoms. The van der Waals surface area contributed by atoms with Crippen molar-refractivity contribution in [3.05, 3.63) is 88.0 Å². The fourth-order valence-corrected chi connectivity index (χ4v) is 3.09. The van der Waals surface area contributed by atoms with Crippen LogP contribution >= 0.6 is 23.2 Å². The lowest BCUT2D eigenvalue weighted by atomic mass is 10.0. The van der Waals surface area contributed by atoms with Gasteiger partial charge in [-0.3, -0.25) is 9.59 Å². The van der Waals surface area contributed by atoms with Gasteiger partial charge in [0.05, 0.1) is 18.2 Å². The van der Waals surface area contributed by atoms with Crippen molar-refractivity contribution in [1.82, 2.24) is 10.3 Å². The summed E-state index contributed by atoms with van der Waals surface area (Å²) in [5.41, 5.74) is 2.07. The van der Waals surface area contributed by atoms with E-state index in [9.17, 15) is 14.7 Å². The monoisotopic (exact) mass is 414 g/mol. The molecule has 0 fully saturated rings. The van der Waals surface area contributed by atoms with Crippen molar-refractivity contribution in [3.63, 3.8) is 0 Å². The van der Waals surface area contributed by atoms with Crippen molar-refractivity contribution < 1.29 is 14.7 Å². The van der Waals surface area contributed by atoms with Crippen molar-refractivity contribution in [2.75, 3.05) is 0 Å². The topological polar surface area (TPSA) is 79.3 Å². The second kappa shape index (κ2) is 8.87. The molecule has 2 N–H and O–H groups in total. The Hall–Kier alpha value is -2.89. The number of carbonyl (C=O) groups excluding carboxylic acids is 1. The van der Waals surface area contributed by atoms with Crippen LogP contribution in [-0.2, 0) is 4.79 Å². The number of carboxylic acids is 1. The first-order valence-electron chi connectivity index (χ1n) is 8.44. The van der Waals surface area contributed by atoms with E-state index < -0.39 is 17.9 Å². The highest BCUT2D eigenvalue weighted by Crippen LogP contribution is 2.26. The van der Waals surface area contributed by atoms with Crippen LogP contribution in [-0.4, -0.2) is 22.0 Å². The number of nitrogens with zero attached hydrogens (tertiary/aromatic N) is 1. The first-order chi connectivity index (χ1) is 13.4. The number of carbonyl (C=O) groups is 2. The predicted octanol–water partition coefficient (Wildman–Crippen LogP) is 5.00. The SMILES string of the molecule is O=C(O)CC(NC(=O)c1cccc(-c2ccccc2Cl)n1)c1ccc(Cl)cc1. The van der Waals surface area contributed by atoms with E-state index in [4.69, 9.17) is 23.2 Å². The van der Waals surface area contributed by atoms with Gasteiger partial charge in [-0.15, -0.1) is 0 Å². The van der Waals surface area contributed by atoms with Crippen molar-refractivity contribution in [1.29, 1.82) is 0 Å². The number of halogens is 2. The van der Waals surface area contributed by atoms with Crippen LogP contribution in [0.5, 0.6) is 0 Å². The molecule has 0 aliphatic heterocycles. The van der Waals surface area contributed by atoms with Crippen molar-refractivity contribution in [3.8, 4) is 11.3 Å². The van der Waals surface area contributed by atoms with Crippen LogP contribution in [0, 0.1) is 0 Å². The first-order valence-corrected chi connectivity index (χ1v) is 9.19. The van der Waals surface area contributed by atoms with Crippen molar-refractivity contribution in [2.24, 2.45) is 0 Å². The minimum Gasteiger partial charge on any atom is -0.481 e. The van der Waals surface area contributed by atoms with E-state index in [1.807, 2.05) is 18.2 Å². The summed E-state index contributed by atoms with van der Waals surface area (Å²) < 4.78 is 0. The molecule has 0 saturated heterocycles. The van der Waals surface area contributed by atoms with Gasteiger partial charge in [0.2, 0.25) is 0 Å². The van der Waals surface area contributed by atoms with Gasteiger partial charge in [0.25, 0.3) is 5.91 Å². The quantitative estimate of drug-likeness (QED) is 0.594. The Labute approximate surface area is 171 Å². The Morgan fingerprint density at radius 2 is 1.68 bits per heavy atom. The van der Waals surface area contributed by atoms with Gasteiger partial charge < -0.3 is 10.4 Å². The number of aliphatic carboxylic acids is 1. The fraction of sp³-hybridized carbons (Fsp3) is 0.0952. The van der Waals surface area contributed by atoms with Crippen LogP contribution in [0.3, 0.4) is 0 Å². The van der Waals surface area contributed by atoms with E-state index in [1.54, 1.807) is 48.5 Å². The minimum absolute atomic E-state index is 0.168. The molecular formula is C21H16Cl2N2O3. The van der Waals surface area contributed by atoms with Gasteiger partial charge in [0.15, 0.2) is 0 Å². The van der Waals surface area contributed by atoms with Gasteiger partial charge in [-0.2, -0.15) is 0 Å². The molecule has 3 aromatic rings. The summed E-state index contributed by atoms with van der Waals surface area (Å²) >= 11 is 12.1. The van der Waals surface area contributed by atoms with Crippen LogP contribution in [0.15, 0.2) is 66.7 Å². The normalized spacial score (nSPS) is 11.6. The van der Waals surface area contributed by atoms with E-state index >= 15 is 0 Å². The third kappa shape index (κ3) is 4.88. The molecule has 2 aromatic carbocycles. The summed E-state index contributed by atoms with van der Waals surface area (Å²) in [5.74, 6) is -1.51. The lowest BCUT2D eigenvalue weighted by Crippen LogP contribution is -2.30. The summed E-state index contributed by atoms with van der Waals surface area (Å²) in [6, 6.07) is 18.2. The molecular weight excluding hydrogens is 399 g/mol. The van der Waals surface area contributed by atoms with Gasteiger partial charge >= 0.3 is 5.97 Å². The number of hydrogen-bond donors (Lipinski definition) is 2. The number of carboxylic acid groups (broad SMARTS) is 1. The Bertz CT molecular complexity index is 1010. The Kier molecular flexibility index (Phi) is 6.29. The zero-order valence-corrected chi connectivity index (χ0v) is 16.1. The molecule has 1 atom stereocenters. The number of hydrogen-bond acceptors (Lipinski definition) is 3. The zero-order chi connectivity index (χ0) is 20.1. The molecule has 3 rings (SSSR count). The number of amides is 1. The largest absolute Gasteiger partial charge is 0.481 e. The average molecular weight is 415 g/mol. The molecule has 0 saturated carbocycles. The summed E-state index contributed by atoms with van der Waals surface area (Å²) in [7, 11) is 0. The summed E-state index contributed by atoms with van der Waals surface area (Å²) in [6.07, 6.45) is -0.266. The van der Waals surface area contributed by atoms with E-state index in [-0.39, 0.29) is 12.1 Å². The molecule has 0 radical (unpaired) electrons. The molecule has 5 nitrogen and oxygen atoms in total. The maximum Gasteiger partial charge on any atom is 0.305 e. The highest BCUT2D eigenvalue weighted by Gasteiger charge is 2.20. The molecule has 1 unspecified atom stereocenters. The molecule has 0 aliphatic carbocycles. The highest BCUT2D eigenvalue weighted by atomic mass is 35.5. The summed E-state index contributed by atoms with van der Waals surface area (Å²) in [4.78, 5) is 28.3. The van der Waals surface area contributed by atoms with Crippen molar-refractivity contribution >= 4 is 35.1 Å². The van der Waals surface area contributed by atoms with Gasteiger partial charge in [-0.1, -0.05) is 59.6 Å². The number of benzene rings is 2. The number of rotatable bonds is 6. The van der Waals surface area contributed by atoms with E-state index in [0.717, 1.165) is 0 Å². The fourth-order valence-electron chi connectivity index (χ4n) is 2.73. The van der Waals surface area contributed by atoms with Crippen LogP contribution in [0.2, 0.25) is 10.0 Å². The van der Waals surface area contributed by atoms with Gasteiger partial charge in [0.1, 0.15) is 5.69 Å². The Balaban J connectivity index is 1.86. The molecule has 1 amide bonds. The Morgan fingerprint density at radius 1 is 0.964 bits per heavy atom. The summed E-state index contributed by atoms with van der Waals surface area (Å²) in [6.45, 7) is 0. The third-order valence-corrected chi connectivity index (χ3v) is 4.67.